The van der Waals surface area contributed by atoms with Crippen molar-refractivity contribution >= 4 is 17.3 Å². The molecule has 2 nitrogen and oxygen atoms in total. The van der Waals surface area contributed by atoms with E-state index in [0.717, 1.165) is 18.7 Å². The van der Waals surface area contributed by atoms with Crippen LogP contribution < -0.4 is 10.6 Å². The van der Waals surface area contributed by atoms with Crippen molar-refractivity contribution in [2.24, 2.45) is 0 Å². The van der Waals surface area contributed by atoms with E-state index < -0.39 is 11.6 Å². The van der Waals surface area contributed by atoms with Gasteiger partial charge in [0.25, 0.3) is 0 Å². The Balaban J connectivity index is 2.51. The molecule has 1 aromatic carbocycles. The van der Waals surface area contributed by atoms with Gasteiger partial charge in [-0.05, 0) is 36.8 Å². The molecule has 0 atom stereocenters. The van der Waals surface area contributed by atoms with E-state index in [-0.39, 0.29) is 0 Å². The van der Waals surface area contributed by atoms with Crippen molar-refractivity contribution in [3.05, 3.63) is 35.4 Å². The zero-order valence-corrected chi connectivity index (χ0v) is 9.13. The quantitative estimate of drug-likeness (QED) is 0.776. The van der Waals surface area contributed by atoms with E-state index in [1.54, 1.807) is 0 Å². The molecular weight excluding hydrogens is 218 g/mol. The molecule has 15 heavy (non-hydrogen) atoms. The van der Waals surface area contributed by atoms with Gasteiger partial charge < -0.3 is 10.6 Å². The van der Waals surface area contributed by atoms with Crippen LogP contribution in [0.2, 0.25) is 0 Å². The summed E-state index contributed by atoms with van der Waals surface area (Å²) in [5.41, 5.74) is 0.647. The van der Waals surface area contributed by atoms with Crippen molar-refractivity contribution in [1.82, 2.24) is 10.6 Å². The molecule has 0 spiro atoms. The number of halogens is 2. The highest BCUT2D eigenvalue weighted by molar-refractivity contribution is 7.80. The lowest BCUT2D eigenvalue weighted by Gasteiger charge is -2.08. The SMILES string of the molecule is CCNC(=S)NCc1ccc(F)c(F)c1. The minimum Gasteiger partial charge on any atom is -0.363 e. The van der Waals surface area contributed by atoms with Gasteiger partial charge in [0.05, 0.1) is 0 Å². The molecular formula is C10H12F2N2S. The lowest BCUT2D eigenvalue weighted by atomic mass is 10.2. The average Bonchev–Trinajstić information content (AvgIpc) is 2.20. The van der Waals surface area contributed by atoms with Crippen LogP contribution in [-0.4, -0.2) is 11.7 Å². The normalized spacial score (nSPS) is 9.80. The predicted molar refractivity (Wildman–Crippen MR) is 59.5 cm³/mol. The summed E-state index contributed by atoms with van der Waals surface area (Å²) < 4.78 is 25.4. The molecule has 0 heterocycles. The maximum atomic E-state index is 12.8. The first kappa shape index (κ1) is 11.8. The van der Waals surface area contributed by atoms with E-state index in [1.807, 2.05) is 6.92 Å². The molecule has 0 aliphatic carbocycles. The van der Waals surface area contributed by atoms with Gasteiger partial charge in [-0.3, -0.25) is 0 Å². The molecule has 0 aliphatic rings. The van der Waals surface area contributed by atoms with Crippen molar-refractivity contribution in [3.63, 3.8) is 0 Å². The zero-order chi connectivity index (χ0) is 11.3. The fourth-order valence-electron chi connectivity index (χ4n) is 1.05. The first-order valence-electron chi connectivity index (χ1n) is 4.59. The number of hydrogen-bond acceptors (Lipinski definition) is 1. The fraction of sp³-hybridized carbons (Fsp3) is 0.300. The van der Waals surface area contributed by atoms with E-state index in [4.69, 9.17) is 12.2 Å². The third-order valence-corrected chi connectivity index (χ3v) is 2.06. The Morgan fingerprint density at radius 1 is 1.27 bits per heavy atom. The van der Waals surface area contributed by atoms with Gasteiger partial charge in [0, 0.05) is 13.1 Å². The Morgan fingerprint density at radius 2 is 2.00 bits per heavy atom. The lowest BCUT2D eigenvalue weighted by molar-refractivity contribution is 0.507. The van der Waals surface area contributed by atoms with Gasteiger partial charge in [0.2, 0.25) is 0 Å². The summed E-state index contributed by atoms with van der Waals surface area (Å²) in [6, 6.07) is 3.76. The standard InChI is InChI=1S/C10H12F2N2S/c1-2-13-10(15)14-6-7-3-4-8(11)9(12)5-7/h3-5H,2,6H2,1H3,(H2,13,14,15). The lowest BCUT2D eigenvalue weighted by Crippen LogP contribution is -2.34. The van der Waals surface area contributed by atoms with Crippen molar-refractivity contribution in [2.45, 2.75) is 13.5 Å². The average molecular weight is 230 g/mol. The number of rotatable bonds is 3. The molecule has 0 amide bonds. The Labute approximate surface area is 92.7 Å². The van der Waals surface area contributed by atoms with Gasteiger partial charge in [0.1, 0.15) is 0 Å². The van der Waals surface area contributed by atoms with Crippen LogP contribution in [0.5, 0.6) is 0 Å². The minimum absolute atomic E-state index is 0.378. The second kappa shape index (κ2) is 5.60. The molecule has 0 fully saturated rings. The van der Waals surface area contributed by atoms with Gasteiger partial charge in [-0.1, -0.05) is 6.07 Å². The summed E-state index contributed by atoms with van der Waals surface area (Å²) in [6.45, 7) is 3.03. The van der Waals surface area contributed by atoms with Crippen LogP contribution in [0, 0.1) is 11.6 Å². The Bertz CT molecular complexity index is 355. The molecule has 0 aromatic heterocycles. The highest BCUT2D eigenvalue weighted by Gasteiger charge is 2.02. The van der Waals surface area contributed by atoms with E-state index in [1.165, 1.54) is 6.07 Å². The minimum atomic E-state index is -0.844. The fourth-order valence-corrected chi connectivity index (χ4v) is 1.27. The molecule has 2 N–H and O–H groups in total. The number of thiocarbonyl (C=S) groups is 1. The Kier molecular flexibility index (Phi) is 4.42. The van der Waals surface area contributed by atoms with Crippen molar-refractivity contribution in [1.29, 1.82) is 0 Å². The maximum absolute atomic E-state index is 12.8. The second-order valence-corrected chi connectivity index (χ2v) is 3.37. The second-order valence-electron chi connectivity index (χ2n) is 2.96. The van der Waals surface area contributed by atoms with Crippen LogP contribution in [0.15, 0.2) is 18.2 Å². The molecule has 0 saturated heterocycles. The van der Waals surface area contributed by atoms with Crippen LogP contribution in [0.25, 0.3) is 0 Å². The van der Waals surface area contributed by atoms with Crippen LogP contribution in [-0.2, 0) is 6.54 Å². The molecule has 0 unspecified atom stereocenters. The van der Waals surface area contributed by atoms with Crippen LogP contribution >= 0.6 is 12.2 Å². The summed E-state index contributed by atoms with van der Waals surface area (Å²) in [4.78, 5) is 0. The molecule has 0 bridgehead atoms. The molecule has 0 saturated carbocycles. The van der Waals surface area contributed by atoms with Crippen molar-refractivity contribution < 1.29 is 8.78 Å². The van der Waals surface area contributed by atoms with Crippen LogP contribution in [0.3, 0.4) is 0 Å². The molecule has 1 rings (SSSR count). The van der Waals surface area contributed by atoms with Gasteiger partial charge >= 0.3 is 0 Å². The molecule has 1 aromatic rings. The molecule has 5 heteroatoms. The zero-order valence-electron chi connectivity index (χ0n) is 8.31. The van der Waals surface area contributed by atoms with Crippen molar-refractivity contribution in [2.75, 3.05) is 6.54 Å². The summed E-state index contributed by atoms with van der Waals surface area (Å²) in [6.07, 6.45) is 0. The summed E-state index contributed by atoms with van der Waals surface area (Å²) in [7, 11) is 0. The summed E-state index contributed by atoms with van der Waals surface area (Å²) in [5.74, 6) is -1.68. The Hall–Kier alpha value is -1.23. The van der Waals surface area contributed by atoms with Crippen molar-refractivity contribution in [3.8, 4) is 0 Å². The van der Waals surface area contributed by atoms with E-state index in [0.29, 0.717) is 17.2 Å². The maximum Gasteiger partial charge on any atom is 0.166 e. The first-order valence-corrected chi connectivity index (χ1v) is 5.00. The van der Waals surface area contributed by atoms with Gasteiger partial charge in [0.15, 0.2) is 16.7 Å². The van der Waals surface area contributed by atoms with Gasteiger partial charge in [-0.15, -0.1) is 0 Å². The van der Waals surface area contributed by atoms with E-state index >= 15 is 0 Å². The van der Waals surface area contributed by atoms with E-state index in [2.05, 4.69) is 10.6 Å². The Morgan fingerprint density at radius 3 is 2.60 bits per heavy atom. The number of benzene rings is 1. The van der Waals surface area contributed by atoms with Gasteiger partial charge in [-0.2, -0.15) is 0 Å². The highest BCUT2D eigenvalue weighted by atomic mass is 32.1. The largest absolute Gasteiger partial charge is 0.363 e. The third-order valence-electron chi connectivity index (χ3n) is 1.77. The molecule has 0 radical (unpaired) electrons. The summed E-state index contributed by atoms with van der Waals surface area (Å²) >= 11 is 4.92. The van der Waals surface area contributed by atoms with E-state index in [9.17, 15) is 8.78 Å². The highest BCUT2D eigenvalue weighted by Crippen LogP contribution is 2.08. The van der Waals surface area contributed by atoms with Crippen LogP contribution in [0.1, 0.15) is 12.5 Å². The third kappa shape index (κ3) is 3.79. The smallest absolute Gasteiger partial charge is 0.166 e. The molecule has 0 aliphatic heterocycles. The van der Waals surface area contributed by atoms with Gasteiger partial charge in [-0.25, -0.2) is 8.78 Å². The van der Waals surface area contributed by atoms with Crippen LogP contribution in [0.4, 0.5) is 8.78 Å². The monoisotopic (exact) mass is 230 g/mol. The number of hydrogen-bond donors (Lipinski definition) is 2. The predicted octanol–water partition coefficient (Wildman–Crippen LogP) is 1.95. The summed E-state index contributed by atoms with van der Waals surface area (Å²) in [5, 5.41) is 6.27. The topological polar surface area (TPSA) is 24.1 Å². The first-order chi connectivity index (χ1) is 7.13. The number of nitrogens with one attached hydrogen (secondary N) is 2. The molecule has 82 valence electrons.